The minimum absolute atomic E-state index is 0.0486. The van der Waals surface area contributed by atoms with Gasteiger partial charge >= 0.3 is 6.36 Å². The molecule has 4 heteroatoms. The zero-order valence-corrected chi connectivity index (χ0v) is 5.83. The summed E-state index contributed by atoms with van der Waals surface area (Å²) in [7, 11) is 0. The van der Waals surface area contributed by atoms with Gasteiger partial charge in [-0.3, -0.25) is 0 Å². The molecule has 0 aromatic heterocycles. The van der Waals surface area contributed by atoms with E-state index in [4.69, 9.17) is 0 Å². The monoisotopic (exact) mass is 154 g/mol. The van der Waals surface area contributed by atoms with Crippen LogP contribution in [-0.2, 0) is 4.74 Å². The summed E-state index contributed by atoms with van der Waals surface area (Å²) in [6, 6.07) is 0. The molecule has 0 N–H and O–H groups in total. The minimum Gasteiger partial charge on any atom is -0.411 e. The fourth-order valence-corrected chi connectivity index (χ4v) is 0.484. The van der Waals surface area contributed by atoms with Crippen LogP contribution in [0.2, 0.25) is 0 Å². The summed E-state index contributed by atoms with van der Waals surface area (Å²) < 4.78 is 37.8. The minimum atomic E-state index is -4.54. The van der Waals surface area contributed by atoms with E-state index < -0.39 is 6.36 Å². The first-order valence-electron chi connectivity index (χ1n) is 2.90. The van der Waals surface area contributed by atoms with Gasteiger partial charge < -0.3 is 4.74 Å². The van der Waals surface area contributed by atoms with Gasteiger partial charge in [-0.2, -0.15) is 0 Å². The molecule has 60 valence electrons. The molecule has 0 bridgehead atoms. The van der Waals surface area contributed by atoms with Crippen molar-refractivity contribution in [3.8, 4) is 0 Å². The van der Waals surface area contributed by atoms with E-state index in [-0.39, 0.29) is 12.2 Å². The summed E-state index contributed by atoms with van der Waals surface area (Å²) in [5, 5.41) is 0. The topological polar surface area (TPSA) is 9.23 Å². The van der Waals surface area contributed by atoms with Crippen molar-refractivity contribution in [1.82, 2.24) is 0 Å². The van der Waals surface area contributed by atoms with Crippen LogP contribution in [0.3, 0.4) is 0 Å². The van der Waals surface area contributed by atoms with Crippen molar-refractivity contribution < 1.29 is 17.9 Å². The van der Waals surface area contributed by atoms with Crippen molar-refractivity contribution in [2.45, 2.75) is 26.6 Å². The van der Waals surface area contributed by atoms with Gasteiger partial charge in [0, 0.05) is 6.42 Å². The second-order valence-electron chi connectivity index (χ2n) is 1.66. The zero-order valence-electron chi connectivity index (χ0n) is 5.83. The SMILES string of the molecule is C/C=C(\CC)OC(F)(F)F. The average Bonchev–Trinajstić information content (AvgIpc) is 1.81. The molecular formula is C6H9F3O. The number of hydrogen-bond acceptors (Lipinski definition) is 1. The van der Waals surface area contributed by atoms with Crippen LogP contribution >= 0.6 is 0 Å². The summed E-state index contributed by atoms with van der Waals surface area (Å²) in [5.41, 5.74) is 0. The zero-order chi connectivity index (χ0) is 8.20. The second-order valence-corrected chi connectivity index (χ2v) is 1.66. The third kappa shape index (κ3) is 4.23. The van der Waals surface area contributed by atoms with E-state index in [1.807, 2.05) is 0 Å². The van der Waals surface area contributed by atoms with E-state index in [0.717, 1.165) is 0 Å². The molecule has 1 nitrogen and oxygen atoms in total. The molecule has 0 aliphatic rings. The van der Waals surface area contributed by atoms with E-state index in [0.29, 0.717) is 0 Å². The van der Waals surface area contributed by atoms with E-state index in [2.05, 4.69) is 4.74 Å². The second kappa shape index (κ2) is 3.49. The fraction of sp³-hybridized carbons (Fsp3) is 0.667. The van der Waals surface area contributed by atoms with Crippen molar-refractivity contribution in [1.29, 1.82) is 0 Å². The van der Waals surface area contributed by atoms with Crippen molar-refractivity contribution in [3.63, 3.8) is 0 Å². The highest BCUT2D eigenvalue weighted by Crippen LogP contribution is 2.21. The largest absolute Gasteiger partial charge is 0.572 e. The van der Waals surface area contributed by atoms with E-state index >= 15 is 0 Å². The van der Waals surface area contributed by atoms with Gasteiger partial charge in [0.25, 0.3) is 0 Å². The molecule has 0 rings (SSSR count). The number of allylic oxidation sites excluding steroid dienone is 2. The van der Waals surface area contributed by atoms with E-state index in [1.54, 1.807) is 6.92 Å². The number of rotatable bonds is 2. The van der Waals surface area contributed by atoms with Gasteiger partial charge in [-0.25, -0.2) is 0 Å². The number of alkyl halides is 3. The molecule has 0 radical (unpaired) electrons. The molecule has 0 saturated heterocycles. The predicted molar refractivity (Wildman–Crippen MR) is 31.2 cm³/mol. The first-order valence-corrected chi connectivity index (χ1v) is 2.90. The normalized spacial score (nSPS) is 13.5. The number of hydrogen-bond donors (Lipinski definition) is 0. The van der Waals surface area contributed by atoms with E-state index in [1.165, 1.54) is 13.0 Å². The lowest BCUT2D eigenvalue weighted by Crippen LogP contribution is -2.12. The van der Waals surface area contributed by atoms with Crippen LogP contribution in [0.5, 0.6) is 0 Å². The Kier molecular flexibility index (Phi) is 3.25. The van der Waals surface area contributed by atoms with E-state index in [9.17, 15) is 13.2 Å². The van der Waals surface area contributed by atoms with Crippen LogP contribution in [0.4, 0.5) is 13.2 Å². The van der Waals surface area contributed by atoms with Crippen LogP contribution in [0.1, 0.15) is 20.3 Å². The maximum atomic E-state index is 11.4. The quantitative estimate of drug-likeness (QED) is 0.555. The van der Waals surface area contributed by atoms with Crippen molar-refractivity contribution in [2.75, 3.05) is 0 Å². The Hall–Kier alpha value is -0.670. The third-order valence-electron chi connectivity index (χ3n) is 0.917. The van der Waals surface area contributed by atoms with Crippen LogP contribution in [-0.4, -0.2) is 6.36 Å². The average molecular weight is 154 g/mol. The maximum Gasteiger partial charge on any atom is 0.572 e. The molecule has 0 saturated carbocycles. The molecule has 0 aliphatic heterocycles. The highest BCUT2D eigenvalue weighted by atomic mass is 19.4. The maximum absolute atomic E-state index is 11.4. The Morgan fingerprint density at radius 3 is 2.10 bits per heavy atom. The molecule has 0 amide bonds. The number of ether oxygens (including phenoxy) is 1. The molecule has 0 fully saturated rings. The predicted octanol–water partition coefficient (Wildman–Crippen LogP) is 2.84. The van der Waals surface area contributed by atoms with Gasteiger partial charge in [0.15, 0.2) is 0 Å². The highest BCUT2D eigenvalue weighted by Gasteiger charge is 2.31. The number of halogens is 3. The standard InChI is InChI=1S/C6H9F3O/c1-3-5(4-2)10-6(7,8)9/h3H,4H2,1-2H3/b5-3+. The highest BCUT2D eigenvalue weighted by molar-refractivity contribution is 4.88. The molecule has 0 spiro atoms. The lowest BCUT2D eigenvalue weighted by Gasteiger charge is -2.09. The Bertz CT molecular complexity index is 125. The Balaban J connectivity index is 3.88. The van der Waals surface area contributed by atoms with Gasteiger partial charge in [-0.05, 0) is 13.0 Å². The lowest BCUT2D eigenvalue weighted by molar-refractivity contribution is -0.306. The molecule has 0 heterocycles. The molecule has 0 unspecified atom stereocenters. The van der Waals surface area contributed by atoms with Crippen LogP contribution in [0.25, 0.3) is 0 Å². The van der Waals surface area contributed by atoms with Crippen LogP contribution < -0.4 is 0 Å². The van der Waals surface area contributed by atoms with Crippen molar-refractivity contribution in [3.05, 3.63) is 11.8 Å². The van der Waals surface area contributed by atoms with Crippen molar-refractivity contribution in [2.24, 2.45) is 0 Å². The van der Waals surface area contributed by atoms with Crippen LogP contribution in [0, 0.1) is 0 Å². The van der Waals surface area contributed by atoms with Gasteiger partial charge in [0.2, 0.25) is 0 Å². The van der Waals surface area contributed by atoms with Gasteiger partial charge in [-0.1, -0.05) is 6.92 Å². The van der Waals surface area contributed by atoms with Crippen LogP contribution in [0.15, 0.2) is 11.8 Å². The Morgan fingerprint density at radius 2 is 2.00 bits per heavy atom. The summed E-state index contributed by atoms with van der Waals surface area (Å²) in [4.78, 5) is 0. The van der Waals surface area contributed by atoms with Gasteiger partial charge in [-0.15, -0.1) is 13.2 Å². The van der Waals surface area contributed by atoms with Gasteiger partial charge in [0.1, 0.15) is 5.76 Å². The summed E-state index contributed by atoms with van der Waals surface area (Å²) in [5.74, 6) is -0.0486. The fourth-order valence-electron chi connectivity index (χ4n) is 0.484. The molecular weight excluding hydrogens is 145 g/mol. The molecule has 0 atom stereocenters. The molecule has 10 heavy (non-hydrogen) atoms. The molecule has 0 aliphatic carbocycles. The molecule has 0 aromatic carbocycles. The summed E-state index contributed by atoms with van der Waals surface area (Å²) in [6.07, 6.45) is -2.98. The molecule has 0 aromatic rings. The Labute approximate surface area is 57.5 Å². The first kappa shape index (κ1) is 9.33. The van der Waals surface area contributed by atoms with Gasteiger partial charge in [0.05, 0.1) is 0 Å². The summed E-state index contributed by atoms with van der Waals surface area (Å²) >= 11 is 0. The lowest BCUT2D eigenvalue weighted by atomic mass is 10.4. The Morgan fingerprint density at radius 1 is 1.50 bits per heavy atom. The van der Waals surface area contributed by atoms with Crippen molar-refractivity contribution >= 4 is 0 Å². The summed E-state index contributed by atoms with van der Waals surface area (Å²) in [6.45, 7) is 3.10. The first-order chi connectivity index (χ1) is 4.49. The smallest absolute Gasteiger partial charge is 0.411 e. The third-order valence-corrected chi connectivity index (χ3v) is 0.917.